The van der Waals surface area contributed by atoms with E-state index in [1.165, 1.54) is 6.07 Å². The molecular weight excluding hydrogens is 408 g/mol. The Bertz CT molecular complexity index is 382. The van der Waals surface area contributed by atoms with Crippen LogP contribution >= 0.6 is 0 Å². The summed E-state index contributed by atoms with van der Waals surface area (Å²) in [6.07, 6.45) is 0. The fraction of sp³-hybridized carbons (Fsp3) is 0. The number of carbonyl (C=O) groups is 1. The van der Waals surface area contributed by atoms with Gasteiger partial charge in [0.2, 0.25) is 0 Å². The summed E-state index contributed by atoms with van der Waals surface area (Å²) in [6.45, 7) is 0. The first-order valence-corrected chi connectivity index (χ1v) is 6.17. The van der Waals surface area contributed by atoms with Crippen molar-refractivity contribution in [3.8, 4) is 17.2 Å². The summed E-state index contributed by atoms with van der Waals surface area (Å²) in [7, 11) is 0. The Kier molecular flexibility index (Phi) is 4.70. The third-order valence-electron chi connectivity index (χ3n) is 1.55. The summed E-state index contributed by atoms with van der Waals surface area (Å²) in [6, 6.07) is 2.50. The molecule has 0 aliphatic carbocycles. The van der Waals surface area contributed by atoms with E-state index in [9.17, 15) is 9.90 Å². The van der Waals surface area contributed by atoms with Crippen LogP contribution in [0.5, 0.6) is 17.2 Å². The van der Waals surface area contributed by atoms with Crippen LogP contribution in [0.15, 0.2) is 12.1 Å². The number of carboxylic acid groups (broad SMARTS) is 1. The van der Waals surface area contributed by atoms with Crippen molar-refractivity contribution in [1.29, 1.82) is 0 Å². The molecule has 1 aliphatic rings. The molecule has 1 aromatic rings. The maximum atomic E-state index is 10.6. The number of aromatic carboxylic acids is 1. The Balaban J connectivity index is 0.000000980. The molecule has 8 heteroatoms. The van der Waals surface area contributed by atoms with Crippen molar-refractivity contribution in [2.24, 2.45) is 0 Å². The number of benzene rings is 1. The summed E-state index contributed by atoms with van der Waals surface area (Å²) >= 11 is -1.46. The fourth-order valence-electron chi connectivity index (χ4n) is 0.967. The molecular formula is C7H7BiFO6. The number of fused-ring (bicyclic) bond motifs is 1. The Labute approximate surface area is 95.9 Å². The summed E-state index contributed by atoms with van der Waals surface area (Å²) in [5.41, 5.74) is 0.00273. The molecule has 2 rings (SSSR count). The molecule has 1 radical (unpaired) electrons. The van der Waals surface area contributed by atoms with Crippen molar-refractivity contribution in [2.75, 3.05) is 0 Å². The van der Waals surface area contributed by atoms with Crippen molar-refractivity contribution >= 4 is 30.1 Å². The molecule has 1 heterocycles. The van der Waals surface area contributed by atoms with Gasteiger partial charge in [-0.25, -0.2) is 0 Å². The number of phenols is 1. The topological polar surface area (TPSA) is 107 Å². The molecule has 15 heavy (non-hydrogen) atoms. The number of rotatable bonds is 1. The number of carboxylic acids is 1. The van der Waals surface area contributed by atoms with Crippen molar-refractivity contribution < 1.29 is 30.8 Å². The molecule has 0 amide bonds. The molecule has 83 valence electrons. The van der Waals surface area contributed by atoms with Crippen LogP contribution in [0.2, 0.25) is 0 Å². The van der Waals surface area contributed by atoms with Gasteiger partial charge in [-0.15, -0.1) is 0 Å². The summed E-state index contributed by atoms with van der Waals surface area (Å²) in [5.74, 6) is -0.646. The van der Waals surface area contributed by atoms with E-state index in [2.05, 4.69) is 0 Å². The molecule has 0 unspecified atom stereocenters. The average molecular weight is 415 g/mol. The van der Waals surface area contributed by atoms with Crippen molar-refractivity contribution in [3.05, 3.63) is 17.7 Å². The minimum atomic E-state index is -1.46. The van der Waals surface area contributed by atoms with E-state index in [-0.39, 0.29) is 27.2 Å². The van der Waals surface area contributed by atoms with Gasteiger partial charge in [-0.1, -0.05) is 0 Å². The molecule has 1 aliphatic heterocycles. The van der Waals surface area contributed by atoms with E-state index < -0.39 is 30.1 Å². The number of phenolic OH excluding ortho intramolecular Hbond substituents is 1. The van der Waals surface area contributed by atoms with Crippen LogP contribution in [-0.4, -0.2) is 45.8 Å². The number of hydrogen-bond acceptors (Lipinski definition) is 4. The molecule has 0 fully saturated rings. The maximum absolute atomic E-state index is 10.6. The van der Waals surface area contributed by atoms with Gasteiger partial charge < -0.3 is 5.48 Å². The van der Waals surface area contributed by atoms with E-state index in [0.717, 1.165) is 6.07 Å². The fourth-order valence-corrected chi connectivity index (χ4v) is 2.95. The molecule has 0 bridgehead atoms. The SMILES string of the molecule is F.O.O=C(O)c1cc(O)c2c(c1)[O][Bi][O]2. The number of aromatic hydroxyl groups is 1. The Morgan fingerprint density at radius 1 is 1.33 bits per heavy atom. The van der Waals surface area contributed by atoms with Crippen molar-refractivity contribution in [2.45, 2.75) is 0 Å². The Morgan fingerprint density at radius 3 is 2.60 bits per heavy atom. The van der Waals surface area contributed by atoms with Crippen LogP contribution in [0.1, 0.15) is 10.4 Å². The monoisotopic (exact) mass is 415 g/mol. The third kappa shape index (κ3) is 2.46. The van der Waals surface area contributed by atoms with Crippen LogP contribution in [0.4, 0.5) is 4.70 Å². The van der Waals surface area contributed by atoms with Crippen molar-refractivity contribution in [3.63, 3.8) is 0 Å². The summed E-state index contributed by atoms with van der Waals surface area (Å²) < 4.78 is 10.2. The van der Waals surface area contributed by atoms with Crippen LogP contribution in [0, 0.1) is 0 Å². The van der Waals surface area contributed by atoms with Crippen LogP contribution < -0.4 is 5.63 Å². The third-order valence-corrected chi connectivity index (χ3v) is 3.60. The first kappa shape index (κ1) is 13.9. The second-order valence-electron chi connectivity index (χ2n) is 2.38. The second-order valence-corrected chi connectivity index (χ2v) is 4.38. The first-order valence-electron chi connectivity index (χ1n) is 3.33. The van der Waals surface area contributed by atoms with Gasteiger partial charge >= 0.3 is 85.7 Å². The first-order chi connectivity index (χ1) is 6.18. The molecule has 0 saturated carbocycles. The number of halogens is 1. The van der Waals surface area contributed by atoms with Gasteiger partial charge in [0, 0.05) is 0 Å². The Hall–Kier alpha value is -1.14. The van der Waals surface area contributed by atoms with E-state index in [4.69, 9.17) is 10.7 Å². The van der Waals surface area contributed by atoms with Gasteiger partial charge in [0.15, 0.2) is 0 Å². The predicted molar refractivity (Wildman–Crippen MR) is 48.2 cm³/mol. The predicted octanol–water partition coefficient (Wildman–Crippen LogP) is -0.276. The zero-order valence-electron chi connectivity index (χ0n) is 7.13. The zero-order chi connectivity index (χ0) is 9.42. The van der Waals surface area contributed by atoms with Gasteiger partial charge in [-0.3, -0.25) is 4.70 Å². The van der Waals surface area contributed by atoms with E-state index in [1.807, 2.05) is 0 Å². The van der Waals surface area contributed by atoms with Gasteiger partial charge in [0.1, 0.15) is 0 Å². The molecule has 0 atom stereocenters. The van der Waals surface area contributed by atoms with E-state index in [0.29, 0.717) is 5.75 Å². The van der Waals surface area contributed by atoms with Crippen LogP contribution in [-0.2, 0) is 0 Å². The normalized spacial score (nSPS) is 11.2. The number of hydrogen-bond donors (Lipinski definition) is 2. The molecule has 0 saturated heterocycles. The summed E-state index contributed by atoms with van der Waals surface area (Å²) in [4.78, 5) is 10.6. The average Bonchev–Trinajstić information content (AvgIpc) is 2.51. The van der Waals surface area contributed by atoms with Gasteiger partial charge in [0.25, 0.3) is 0 Å². The van der Waals surface area contributed by atoms with Gasteiger partial charge in [-0.05, 0) is 0 Å². The van der Waals surface area contributed by atoms with Crippen LogP contribution in [0.3, 0.4) is 0 Å². The van der Waals surface area contributed by atoms with Gasteiger partial charge in [0.05, 0.1) is 0 Å². The second kappa shape index (κ2) is 5.09. The molecule has 4 N–H and O–H groups in total. The molecule has 0 aromatic heterocycles. The Morgan fingerprint density at radius 2 is 2.00 bits per heavy atom. The molecule has 1 aromatic carbocycles. The quantitative estimate of drug-likeness (QED) is 0.614. The molecule has 6 nitrogen and oxygen atoms in total. The zero-order valence-corrected chi connectivity index (χ0v) is 10.6. The van der Waals surface area contributed by atoms with Gasteiger partial charge in [-0.2, -0.15) is 0 Å². The standard InChI is InChI=1S/C7H6O5.Bi.FH.H2O/c8-4-1-3(7(11)12)2-5(9)6(4)10;;;/h1-2,8-10H,(H,11,12);;1H;1H2/q;+2;;/p-2. The van der Waals surface area contributed by atoms with E-state index >= 15 is 0 Å². The van der Waals surface area contributed by atoms with Crippen LogP contribution in [0.25, 0.3) is 0 Å². The van der Waals surface area contributed by atoms with E-state index in [1.54, 1.807) is 0 Å². The molecule has 0 spiro atoms. The van der Waals surface area contributed by atoms with Crippen molar-refractivity contribution in [1.82, 2.24) is 0 Å². The minimum absolute atomic E-state index is 0. The summed E-state index contributed by atoms with van der Waals surface area (Å²) in [5, 5.41) is 18.0.